The zero-order chi connectivity index (χ0) is 12.3. The van der Waals surface area contributed by atoms with Crippen molar-refractivity contribution in [3.8, 4) is 0 Å². The van der Waals surface area contributed by atoms with E-state index < -0.39 is 0 Å². The number of rotatable bonds is 3. The summed E-state index contributed by atoms with van der Waals surface area (Å²) in [6.45, 7) is 4.62. The molecule has 0 bridgehead atoms. The fourth-order valence-corrected chi connectivity index (χ4v) is 1.70. The predicted octanol–water partition coefficient (Wildman–Crippen LogP) is 3.45. The molecule has 1 N–H and O–H groups in total. The Hall–Kier alpha value is -1.90. The first-order valence-corrected chi connectivity index (χ1v) is 5.56. The quantitative estimate of drug-likeness (QED) is 0.873. The van der Waals surface area contributed by atoms with Crippen LogP contribution in [0.25, 0.3) is 0 Å². The maximum atomic E-state index is 12.9. The van der Waals surface area contributed by atoms with E-state index >= 15 is 0 Å². The molecule has 2 rings (SSSR count). The zero-order valence-electron chi connectivity index (χ0n) is 10.00. The van der Waals surface area contributed by atoms with Crippen LogP contribution in [0.1, 0.15) is 16.7 Å². The van der Waals surface area contributed by atoms with Gasteiger partial charge >= 0.3 is 0 Å². The van der Waals surface area contributed by atoms with Gasteiger partial charge in [-0.2, -0.15) is 0 Å². The first kappa shape index (κ1) is 11.6. The van der Waals surface area contributed by atoms with Gasteiger partial charge < -0.3 is 5.32 Å². The topological polar surface area (TPSA) is 24.9 Å². The molecule has 1 heterocycles. The predicted molar refractivity (Wildman–Crippen MR) is 67.4 cm³/mol. The highest BCUT2D eigenvalue weighted by atomic mass is 19.1. The summed E-state index contributed by atoms with van der Waals surface area (Å²) in [6, 6.07) is 6.80. The van der Waals surface area contributed by atoms with Crippen molar-refractivity contribution in [2.75, 3.05) is 5.32 Å². The number of nitrogens with one attached hydrogen (secondary N) is 1. The highest BCUT2D eigenvalue weighted by Gasteiger charge is 2.01. The summed E-state index contributed by atoms with van der Waals surface area (Å²) in [5, 5.41) is 3.30. The molecule has 0 aliphatic carbocycles. The van der Waals surface area contributed by atoms with Gasteiger partial charge in [0, 0.05) is 12.7 Å². The number of pyridine rings is 1. The summed E-state index contributed by atoms with van der Waals surface area (Å²) in [5.74, 6) is -0.191. The Balaban J connectivity index is 2.10. The lowest BCUT2D eigenvalue weighted by molar-refractivity contribution is 0.625. The standard InChI is InChI=1S/C14H15FN2/c1-10-5-6-16-9-14(10)17-8-12-3-4-13(15)7-11(12)2/h3-7,9,17H,8H2,1-2H3. The summed E-state index contributed by atoms with van der Waals surface area (Å²) in [7, 11) is 0. The van der Waals surface area contributed by atoms with Crippen LogP contribution in [0.4, 0.5) is 10.1 Å². The normalized spacial score (nSPS) is 10.3. The van der Waals surface area contributed by atoms with E-state index in [1.807, 2.05) is 26.0 Å². The molecule has 0 saturated carbocycles. The van der Waals surface area contributed by atoms with Gasteiger partial charge in [-0.3, -0.25) is 4.98 Å². The lowest BCUT2D eigenvalue weighted by Crippen LogP contribution is -2.03. The monoisotopic (exact) mass is 230 g/mol. The molecule has 3 heteroatoms. The largest absolute Gasteiger partial charge is 0.379 e. The van der Waals surface area contributed by atoms with Gasteiger partial charge in [0.1, 0.15) is 5.82 Å². The van der Waals surface area contributed by atoms with Crippen LogP contribution >= 0.6 is 0 Å². The smallest absolute Gasteiger partial charge is 0.123 e. The van der Waals surface area contributed by atoms with Gasteiger partial charge in [-0.1, -0.05) is 6.07 Å². The summed E-state index contributed by atoms with van der Waals surface area (Å²) in [6.07, 6.45) is 3.57. The van der Waals surface area contributed by atoms with Crippen LogP contribution in [0.2, 0.25) is 0 Å². The van der Waals surface area contributed by atoms with Crippen molar-refractivity contribution in [3.63, 3.8) is 0 Å². The zero-order valence-corrected chi connectivity index (χ0v) is 10.00. The van der Waals surface area contributed by atoms with Gasteiger partial charge in [0.25, 0.3) is 0 Å². The summed E-state index contributed by atoms with van der Waals surface area (Å²) in [4.78, 5) is 4.07. The molecule has 0 radical (unpaired) electrons. The Morgan fingerprint density at radius 2 is 2.00 bits per heavy atom. The highest BCUT2D eigenvalue weighted by molar-refractivity contribution is 5.48. The van der Waals surface area contributed by atoms with Gasteiger partial charge in [0.15, 0.2) is 0 Å². The van der Waals surface area contributed by atoms with Gasteiger partial charge in [0.05, 0.1) is 11.9 Å². The third kappa shape index (κ3) is 2.81. The third-order valence-corrected chi connectivity index (χ3v) is 2.81. The van der Waals surface area contributed by atoms with E-state index in [4.69, 9.17) is 0 Å². The van der Waals surface area contributed by atoms with Crippen molar-refractivity contribution >= 4 is 5.69 Å². The van der Waals surface area contributed by atoms with E-state index in [1.165, 1.54) is 6.07 Å². The average Bonchev–Trinajstić information content (AvgIpc) is 2.30. The molecule has 0 atom stereocenters. The molecule has 2 nitrogen and oxygen atoms in total. The minimum Gasteiger partial charge on any atom is -0.379 e. The molecule has 2 aromatic rings. The van der Waals surface area contributed by atoms with Crippen LogP contribution < -0.4 is 5.32 Å². The number of aromatic nitrogens is 1. The van der Waals surface area contributed by atoms with E-state index in [0.717, 1.165) is 22.4 Å². The Morgan fingerprint density at radius 3 is 2.71 bits per heavy atom. The van der Waals surface area contributed by atoms with Crippen molar-refractivity contribution in [1.82, 2.24) is 4.98 Å². The lowest BCUT2D eigenvalue weighted by atomic mass is 10.1. The Morgan fingerprint density at radius 1 is 1.18 bits per heavy atom. The number of nitrogens with zero attached hydrogens (tertiary/aromatic N) is 1. The maximum absolute atomic E-state index is 12.9. The van der Waals surface area contributed by atoms with Crippen molar-refractivity contribution in [2.45, 2.75) is 20.4 Å². The Kier molecular flexibility index (Phi) is 3.38. The second-order valence-corrected chi connectivity index (χ2v) is 4.11. The molecule has 0 amide bonds. The number of hydrogen-bond acceptors (Lipinski definition) is 2. The fourth-order valence-electron chi connectivity index (χ4n) is 1.70. The molecule has 1 aromatic carbocycles. The Labute approximate surface area is 101 Å². The molecule has 0 aliphatic heterocycles. The fraction of sp³-hybridized carbons (Fsp3) is 0.214. The van der Waals surface area contributed by atoms with E-state index in [2.05, 4.69) is 10.3 Å². The van der Waals surface area contributed by atoms with Crippen LogP contribution in [0.15, 0.2) is 36.7 Å². The van der Waals surface area contributed by atoms with E-state index in [-0.39, 0.29) is 5.82 Å². The van der Waals surface area contributed by atoms with Crippen LogP contribution in [0.5, 0.6) is 0 Å². The van der Waals surface area contributed by atoms with E-state index in [1.54, 1.807) is 18.5 Å². The number of benzene rings is 1. The Bertz CT molecular complexity index is 523. The molecule has 1 aromatic heterocycles. The summed E-state index contributed by atoms with van der Waals surface area (Å²) >= 11 is 0. The highest BCUT2D eigenvalue weighted by Crippen LogP contribution is 2.15. The summed E-state index contributed by atoms with van der Waals surface area (Å²) < 4.78 is 12.9. The van der Waals surface area contributed by atoms with Crippen molar-refractivity contribution in [1.29, 1.82) is 0 Å². The number of hydrogen-bond donors (Lipinski definition) is 1. The van der Waals surface area contributed by atoms with Crippen LogP contribution in [-0.2, 0) is 6.54 Å². The second-order valence-electron chi connectivity index (χ2n) is 4.11. The average molecular weight is 230 g/mol. The molecule has 0 saturated heterocycles. The van der Waals surface area contributed by atoms with Crippen LogP contribution in [-0.4, -0.2) is 4.98 Å². The van der Waals surface area contributed by atoms with Gasteiger partial charge in [0.2, 0.25) is 0 Å². The van der Waals surface area contributed by atoms with Crippen LogP contribution in [0, 0.1) is 19.7 Å². The number of anilines is 1. The number of aryl methyl sites for hydroxylation is 2. The lowest BCUT2D eigenvalue weighted by Gasteiger charge is -2.10. The molecule has 0 unspecified atom stereocenters. The second kappa shape index (κ2) is 4.95. The molecule has 88 valence electrons. The molecule has 17 heavy (non-hydrogen) atoms. The minimum atomic E-state index is -0.191. The molecular formula is C14H15FN2. The van der Waals surface area contributed by atoms with Crippen LogP contribution in [0.3, 0.4) is 0 Å². The SMILES string of the molecule is Cc1cc(F)ccc1CNc1cnccc1C. The van der Waals surface area contributed by atoms with E-state index in [0.29, 0.717) is 6.54 Å². The first-order valence-electron chi connectivity index (χ1n) is 5.56. The van der Waals surface area contributed by atoms with Gasteiger partial charge in [-0.15, -0.1) is 0 Å². The van der Waals surface area contributed by atoms with E-state index in [9.17, 15) is 4.39 Å². The van der Waals surface area contributed by atoms with Gasteiger partial charge in [-0.05, 0) is 48.7 Å². The maximum Gasteiger partial charge on any atom is 0.123 e. The molecular weight excluding hydrogens is 215 g/mol. The number of halogens is 1. The molecule has 0 fully saturated rings. The van der Waals surface area contributed by atoms with Crippen molar-refractivity contribution < 1.29 is 4.39 Å². The first-order chi connectivity index (χ1) is 8.16. The minimum absolute atomic E-state index is 0.191. The summed E-state index contributed by atoms with van der Waals surface area (Å²) in [5.41, 5.74) is 4.21. The molecule has 0 aliphatic rings. The van der Waals surface area contributed by atoms with Crippen molar-refractivity contribution in [2.24, 2.45) is 0 Å². The van der Waals surface area contributed by atoms with Gasteiger partial charge in [-0.25, -0.2) is 4.39 Å². The molecule has 0 spiro atoms. The third-order valence-electron chi connectivity index (χ3n) is 2.81. The van der Waals surface area contributed by atoms with Crippen molar-refractivity contribution in [3.05, 3.63) is 59.2 Å².